The van der Waals surface area contributed by atoms with Gasteiger partial charge in [-0.05, 0) is 82.7 Å². The van der Waals surface area contributed by atoms with E-state index < -0.39 is 6.10 Å². The smallest absolute Gasteiger partial charge is 0.341 e. The molecule has 2 aromatic heterocycles. The van der Waals surface area contributed by atoms with Crippen molar-refractivity contribution in [2.75, 3.05) is 11.1 Å². The Morgan fingerprint density at radius 2 is 2.03 bits per heavy atom. The van der Waals surface area contributed by atoms with E-state index in [1.807, 2.05) is 44.4 Å². The molecule has 11 heteroatoms. The van der Waals surface area contributed by atoms with Crippen molar-refractivity contribution in [3.8, 4) is 5.75 Å². The molecule has 1 unspecified atom stereocenters. The van der Waals surface area contributed by atoms with Gasteiger partial charge in [0.15, 0.2) is 17.1 Å². The number of anilines is 1. The van der Waals surface area contributed by atoms with E-state index in [-0.39, 0.29) is 23.7 Å². The number of rotatable bonds is 11. The highest BCUT2D eigenvalue weighted by Gasteiger charge is 2.28. The summed E-state index contributed by atoms with van der Waals surface area (Å²) in [6.45, 7) is 11.8. The second-order valence-electron chi connectivity index (χ2n) is 9.62. The van der Waals surface area contributed by atoms with Gasteiger partial charge in [0.1, 0.15) is 10.8 Å². The lowest BCUT2D eigenvalue weighted by Gasteiger charge is -2.17. The molecule has 1 aliphatic carbocycles. The van der Waals surface area contributed by atoms with Gasteiger partial charge in [0, 0.05) is 16.4 Å². The summed E-state index contributed by atoms with van der Waals surface area (Å²) in [7, 11) is 0. The number of benzene rings is 1. The first-order valence-corrected chi connectivity index (χ1v) is 15.1. The van der Waals surface area contributed by atoms with Crippen LogP contribution < -0.4 is 10.1 Å². The van der Waals surface area contributed by atoms with E-state index in [1.54, 1.807) is 12.1 Å². The molecular weight excluding hydrogens is 556 g/mol. The fraction of sp³-hybridized carbons (Fsp3) is 0.429. The predicted octanol–water partition coefficient (Wildman–Crippen LogP) is 6.80. The average Bonchev–Trinajstić information content (AvgIpc) is 3.45. The largest absolute Gasteiger partial charge is 0.482 e. The first-order valence-electron chi connectivity index (χ1n) is 12.9. The summed E-state index contributed by atoms with van der Waals surface area (Å²) in [4.78, 5) is 27.1. The van der Waals surface area contributed by atoms with Crippen LogP contribution in [0.15, 0.2) is 36.0 Å². The number of carbonyl (C=O) groups excluding carboxylic acids is 2. The molecule has 2 heterocycles. The SMILES string of the molecule is C=CCn1c(SCC(=O)Nc2sc3c(c2C(=O)OC(C)C)CCCC3)nnc1C(C)Oc1ccc(Cl)cc1C. The van der Waals surface area contributed by atoms with Crippen LogP contribution in [0, 0.1) is 6.92 Å². The molecule has 0 fully saturated rings. The monoisotopic (exact) mass is 588 g/mol. The number of allylic oxidation sites excluding steroid dienone is 1. The number of amides is 1. The number of ether oxygens (including phenoxy) is 2. The standard InChI is InChI=1S/C28H33ClN4O4S2/c1-6-13-33-25(18(5)37-21-12-11-19(29)14-17(21)4)31-32-28(33)38-15-23(34)30-26-24(27(35)36-16(2)3)20-9-7-8-10-22(20)39-26/h6,11-12,14,16,18H,1,7-10,13,15H2,2-5H3,(H,30,34). The van der Waals surface area contributed by atoms with Crippen LogP contribution in [-0.2, 0) is 28.9 Å². The van der Waals surface area contributed by atoms with Crippen molar-refractivity contribution >= 4 is 51.6 Å². The van der Waals surface area contributed by atoms with E-state index >= 15 is 0 Å². The minimum atomic E-state index is -0.396. The Morgan fingerprint density at radius 3 is 2.74 bits per heavy atom. The van der Waals surface area contributed by atoms with Crippen molar-refractivity contribution in [1.29, 1.82) is 0 Å². The van der Waals surface area contributed by atoms with Gasteiger partial charge in [-0.1, -0.05) is 29.4 Å². The summed E-state index contributed by atoms with van der Waals surface area (Å²) < 4.78 is 13.5. The van der Waals surface area contributed by atoms with Crippen molar-refractivity contribution < 1.29 is 19.1 Å². The van der Waals surface area contributed by atoms with Crippen molar-refractivity contribution in [2.45, 2.75) is 77.3 Å². The molecule has 0 aliphatic heterocycles. The second kappa shape index (κ2) is 13.0. The lowest BCUT2D eigenvalue weighted by molar-refractivity contribution is -0.113. The number of nitrogens with one attached hydrogen (secondary N) is 1. The number of hydrogen-bond acceptors (Lipinski definition) is 8. The van der Waals surface area contributed by atoms with Gasteiger partial charge in [0.25, 0.3) is 0 Å². The van der Waals surface area contributed by atoms with Crippen molar-refractivity contribution in [1.82, 2.24) is 14.8 Å². The van der Waals surface area contributed by atoms with Gasteiger partial charge >= 0.3 is 5.97 Å². The van der Waals surface area contributed by atoms with Crippen LogP contribution in [0.3, 0.4) is 0 Å². The first-order chi connectivity index (χ1) is 18.7. The maximum Gasteiger partial charge on any atom is 0.341 e. The number of thiophene rings is 1. The lowest BCUT2D eigenvalue weighted by atomic mass is 9.95. The van der Waals surface area contributed by atoms with Gasteiger partial charge in [0.2, 0.25) is 5.91 Å². The third kappa shape index (κ3) is 7.04. The molecule has 1 aliphatic rings. The Bertz CT molecular complexity index is 1370. The van der Waals surface area contributed by atoms with E-state index in [0.29, 0.717) is 38.9 Å². The van der Waals surface area contributed by atoms with Crippen LogP contribution in [0.2, 0.25) is 5.02 Å². The molecule has 208 valence electrons. The summed E-state index contributed by atoms with van der Waals surface area (Å²) in [5, 5.41) is 13.4. The third-order valence-corrected chi connectivity index (χ3v) is 8.57. The summed E-state index contributed by atoms with van der Waals surface area (Å²) in [6, 6.07) is 5.45. The molecule has 1 N–H and O–H groups in total. The molecule has 1 amide bonds. The number of nitrogens with zero attached hydrogens (tertiary/aromatic N) is 3. The van der Waals surface area contributed by atoms with E-state index in [0.717, 1.165) is 41.7 Å². The molecule has 8 nitrogen and oxygen atoms in total. The number of halogens is 1. The maximum absolute atomic E-state index is 13.0. The number of aromatic nitrogens is 3. The summed E-state index contributed by atoms with van der Waals surface area (Å²) in [5.41, 5.74) is 2.43. The molecular formula is C28H33ClN4O4S2. The lowest BCUT2D eigenvalue weighted by Crippen LogP contribution is -2.19. The molecule has 4 rings (SSSR count). The summed E-state index contributed by atoms with van der Waals surface area (Å²) >= 11 is 8.82. The van der Waals surface area contributed by atoms with Gasteiger partial charge < -0.3 is 14.8 Å². The molecule has 0 spiro atoms. The molecule has 0 saturated carbocycles. The number of esters is 1. The van der Waals surface area contributed by atoms with E-state index in [9.17, 15) is 9.59 Å². The second-order valence-corrected chi connectivity index (χ2v) is 12.1. The molecule has 1 atom stereocenters. The van der Waals surface area contributed by atoms with Crippen LogP contribution in [0.1, 0.15) is 71.9 Å². The Kier molecular flexibility index (Phi) is 9.74. The number of thioether (sulfide) groups is 1. The van der Waals surface area contributed by atoms with Gasteiger partial charge in [-0.3, -0.25) is 9.36 Å². The molecule has 3 aromatic rings. The van der Waals surface area contributed by atoms with Crippen LogP contribution in [0.4, 0.5) is 5.00 Å². The highest BCUT2D eigenvalue weighted by atomic mass is 35.5. The van der Waals surface area contributed by atoms with Gasteiger partial charge in [-0.2, -0.15) is 0 Å². The fourth-order valence-corrected chi connectivity index (χ4v) is 6.71. The Balaban J connectivity index is 1.47. The van der Waals surface area contributed by atoms with Crippen LogP contribution >= 0.6 is 34.7 Å². The minimum Gasteiger partial charge on any atom is -0.482 e. The zero-order valence-electron chi connectivity index (χ0n) is 22.6. The summed E-state index contributed by atoms with van der Waals surface area (Å²) in [5.74, 6) is 0.818. The molecule has 0 radical (unpaired) electrons. The third-order valence-electron chi connectivity index (χ3n) is 6.16. The Hall–Kier alpha value is -2.82. The van der Waals surface area contributed by atoms with Crippen LogP contribution in [0.5, 0.6) is 5.75 Å². The average molecular weight is 589 g/mol. The van der Waals surface area contributed by atoms with E-state index in [2.05, 4.69) is 22.1 Å². The van der Waals surface area contributed by atoms with Gasteiger partial charge in [-0.25, -0.2) is 4.79 Å². The van der Waals surface area contributed by atoms with Crippen LogP contribution in [-0.4, -0.2) is 38.5 Å². The number of aryl methyl sites for hydroxylation is 2. The molecule has 1 aromatic carbocycles. The van der Waals surface area contributed by atoms with Crippen LogP contribution in [0.25, 0.3) is 0 Å². The maximum atomic E-state index is 13.0. The molecule has 39 heavy (non-hydrogen) atoms. The number of hydrogen-bond donors (Lipinski definition) is 1. The topological polar surface area (TPSA) is 95.3 Å². The fourth-order valence-electron chi connectivity index (χ4n) is 4.43. The quantitative estimate of drug-likeness (QED) is 0.149. The highest BCUT2D eigenvalue weighted by molar-refractivity contribution is 7.99. The predicted molar refractivity (Wildman–Crippen MR) is 156 cm³/mol. The highest BCUT2D eigenvalue weighted by Crippen LogP contribution is 2.39. The zero-order chi connectivity index (χ0) is 28.1. The van der Waals surface area contributed by atoms with Gasteiger partial charge in [0.05, 0.1) is 17.4 Å². The summed E-state index contributed by atoms with van der Waals surface area (Å²) in [6.07, 6.45) is 4.95. The Morgan fingerprint density at radius 1 is 1.26 bits per heavy atom. The van der Waals surface area contributed by atoms with E-state index in [1.165, 1.54) is 23.1 Å². The van der Waals surface area contributed by atoms with E-state index in [4.69, 9.17) is 21.1 Å². The zero-order valence-corrected chi connectivity index (χ0v) is 25.0. The molecule has 0 saturated heterocycles. The Labute approximate surface area is 242 Å². The van der Waals surface area contributed by atoms with Gasteiger partial charge in [-0.15, -0.1) is 28.1 Å². The van der Waals surface area contributed by atoms with Crippen molar-refractivity contribution in [3.63, 3.8) is 0 Å². The van der Waals surface area contributed by atoms with Crippen molar-refractivity contribution in [2.24, 2.45) is 0 Å². The number of carbonyl (C=O) groups is 2. The minimum absolute atomic E-state index is 0.0992. The first kappa shape index (κ1) is 29.2. The van der Waals surface area contributed by atoms with Crippen molar-refractivity contribution in [3.05, 3.63) is 63.3 Å². The number of fused-ring (bicyclic) bond motifs is 1. The molecule has 0 bridgehead atoms. The normalized spacial score (nSPS) is 13.6.